The zero-order valence-electron chi connectivity index (χ0n) is 15.6. The van der Waals surface area contributed by atoms with E-state index < -0.39 is 30.2 Å². The molecule has 0 spiro atoms. The largest absolute Gasteiger partial charge is 0.455 e. The van der Waals surface area contributed by atoms with Crippen LogP contribution in [0.1, 0.15) is 11.1 Å². The maximum Gasteiger partial charge on any atom is 0.316 e. The molecule has 0 bridgehead atoms. The van der Waals surface area contributed by atoms with Crippen molar-refractivity contribution in [2.45, 2.75) is 13.8 Å². The average Bonchev–Trinajstić information content (AvgIpc) is 2.64. The number of anilines is 2. The van der Waals surface area contributed by atoms with Crippen LogP contribution in [-0.4, -0.2) is 35.9 Å². The summed E-state index contributed by atoms with van der Waals surface area (Å²) in [7, 11) is 0. The fourth-order valence-electron chi connectivity index (χ4n) is 2.30. The molecular formula is C20H21FN2O4S. The lowest BCUT2D eigenvalue weighted by Crippen LogP contribution is -2.22. The van der Waals surface area contributed by atoms with Gasteiger partial charge >= 0.3 is 5.97 Å². The lowest BCUT2D eigenvalue weighted by molar-refractivity contribution is -0.144. The summed E-state index contributed by atoms with van der Waals surface area (Å²) in [6.45, 7) is 3.42. The van der Waals surface area contributed by atoms with E-state index >= 15 is 0 Å². The second-order valence-electron chi connectivity index (χ2n) is 6.05. The van der Waals surface area contributed by atoms with E-state index in [0.29, 0.717) is 5.69 Å². The van der Waals surface area contributed by atoms with Gasteiger partial charge in [0.15, 0.2) is 6.61 Å². The molecule has 0 saturated carbocycles. The molecule has 148 valence electrons. The Morgan fingerprint density at radius 1 is 0.964 bits per heavy atom. The van der Waals surface area contributed by atoms with Crippen LogP contribution in [0.5, 0.6) is 0 Å². The quantitative estimate of drug-likeness (QED) is 0.660. The smallest absolute Gasteiger partial charge is 0.316 e. The maximum atomic E-state index is 13.4. The monoisotopic (exact) mass is 404 g/mol. The van der Waals surface area contributed by atoms with E-state index in [1.54, 1.807) is 12.1 Å². The van der Waals surface area contributed by atoms with Gasteiger partial charge < -0.3 is 15.4 Å². The molecule has 0 aliphatic carbocycles. The average molecular weight is 404 g/mol. The van der Waals surface area contributed by atoms with Gasteiger partial charge in [-0.15, -0.1) is 11.8 Å². The molecule has 0 aliphatic rings. The predicted molar refractivity (Wildman–Crippen MR) is 108 cm³/mol. The van der Waals surface area contributed by atoms with Crippen LogP contribution < -0.4 is 10.6 Å². The molecule has 0 atom stereocenters. The molecular weight excluding hydrogens is 383 g/mol. The van der Waals surface area contributed by atoms with E-state index in [0.717, 1.165) is 22.9 Å². The van der Waals surface area contributed by atoms with Gasteiger partial charge in [0.05, 0.1) is 17.2 Å². The number of halogens is 1. The van der Waals surface area contributed by atoms with Gasteiger partial charge in [-0.05, 0) is 37.6 Å². The zero-order chi connectivity index (χ0) is 20.5. The van der Waals surface area contributed by atoms with Crippen molar-refractivity contribution in [1.29, 1.82) is 0 Å². The van der Waals surface area contributed by atoms with Crippen molar-refractivity contribution < 1.29 is 23.5 Å². The summed E-state index contributed by atoms with van der Waals surface area (Å²) in [6, 6.07) is 11.4. The third-order valence-electron chi connectivity index (χ3n) is 3.62. The maximum absolute atomic E-state index is 13.4. The molecule has 0 heterocycles. The summed E-state index contributed by atoms with van der Waals surface area (Å²) in [4.78, 5) is 35.3. The van der Waals surface area contributed by atoms with Crippen LogP contribution in [0.25, 0.3) is 0 Å². The highest BCUT2D eigenvalue weighted by Gasteiger charge is 2.11. The van der Waals surface area contributed by atoms with E-state index in [2.05, 4.69) is 10.6 Å². The van der Waals surface area contributed by atoms with Crippen LogP contribution in [0.4, 0.5) is 15.8 Å². The molecule has 2 rings (SSSR count). The molecule has 2 aromatic rings. The number of aryl methyl sites for hydroxylation is 2. The van der Waals surface area contributed by atoms with Crippen LogP contribution in [0.3, 0.4) is 0 Å². The number of carbonyl (C=O) groups is 3. The lowest BCUT2D eigenvalue weighted by Gasteiger charge is -2.09. The Kier molecular flexibility index (Phi) is 8.01. The summed E-state index contributed by atoms with van der Waals surface area (Å²) in [5.41, 5.74) is 2.73. The van der Waals surface area contributed by atoms with Gasteiger partial charge in [0.2, 0.25) is 5.91 Å². The lowest BCUT2D eigenvalue weighted by atomic mass is 10.1. The van der Waals surface area contributed by atoms with Crippen molar-refractivity contribution in [2.24, 2.45) is 0 Å². The molecule has 6 nitrogen and oxygen atoms in total. The molecule has 0 fully saturated rings. The summed E-state index contributed by atoms with van der Waals surface area (Å²) >= 11 is 1.01. The van der Waals surface area contributed by atoms with Gasteiger partial charge in [-0.2, -0.15) is 0 Å². The molecule has 0 unspecified atom stereocenters. The van der Waals surface area contributed by atoms with E-state index in [-0.39, 0.29) is 17.2 Å². The third-order valence-corrected chi connectivity index (χ3v) is 4.53. The third kappa shape index (κ3) is 7.03. The number of thioether (sulfide) groups is 1. The Labute approximate surface area is 166 Å². The van der Waals surface area contributed by atoms with Crippen molar-refractivity contribution in [3.8, 4) is 0 Å². The van der Waals surface area contributed by atoms with Gasteiger partial charge in [-0.1, -0.05) is 29.8 Å². The second-order valence-corrected chi connectivity index (χ2v) is 7.03. The van der Waals surface area contributed by atoms with Gasteiger partial charge in [0, 0.05) is 5.69 Å². The molecule has 2 amide bonds. The Hall–Kier alpha value is -2.87. The normalized spacial score (nSPS) is 10.2. The van der Waals surface area contributed by atoms with Crippen molar-refractivity contribution >= 4 is 40.9 Å². The minimum absolute atomic E-state index is 0.0435. The topological polar surface area (TPSA) is 84.5 Å². The summed E-state index contributed by atoms with van der Waals surface area (Å²) < 4.78 is 18.3. The summed E-state index contributed by atoms with van der Waals surface area (Å²) in [6.07, 6.45) is 0. The molecule has 2 aromatic carbocycles. The molecule has 2 N–H and O–H groups in total. The van der Waals surface area contributed by atoms with Crippen LogP contribution in [-0.2, 0) is 19.1 Å². The minimum atomic E-state index is -0.612. The fraction of sp³-hybridized carbons (Fsp3) is 0.250. The first kappa shape index (κ1) is 21.4. The molecule has 0 saturated heterocycles. The van der Waals surface area contributed by atoms with Crippen molar-refractivity contribution in [1.82, 2.24) is 0 Å². The first-order valence-electron chi connectivity index (χ1n) is 8.50. The van der Waals surface area contributed by atoms with E-state index in [1.165, 1.54) is 18.2 Å². The minimum Gasteiger partial charge on any atom is -0.455 e. The van der Waals surface area contributed by atoms with Crippen molar-refractivity contribution in [2.75, 3.05) is 28.7 Å². The van der Waals surface area contributed by atoms with Crippen molar-refractivity contribution in [3.05, 3.63) is 59.4 Å². The van der Waals surface area contributed by atoms with Crippen LogP contribution in [0, 0.1) is 19.7 Å². The van der Waals surface area contributed by atoms with Gasteiger partial charge in [-0.3, -0.25) is 14.4 Å². The highest BCUT2D eigenvalue weighted by Crippen LogP contribution is 2.16. The standard InChI is InChI=1S/C20H21FN2O4S/c1-13-7-8-16(14(2)9-13)22-18(24)10-27-20(26)12-28-11-19(25)23-17-6-4-3-5-15(17)21/h3-9H,10-12H2,1-2H3,(H,22,24)(H,23,25). The number of amides is 2. The number of rotatable bonds is 8. The molecule has 0 aromatic heterocycles. The number of para-hydroxylation sites is 1. The molecule has 28 heavy (non-hydrogen) atoms. The fourth-order valence-corrected chi connectivity index (χ4v) is 2.91. The predicted octanol–water partition coefficient (Wildman–Crippen LogP) is 3.30. The van der Waals surface area contributed by atoms with Gasteiger partial charge in [0.1, 0.15) is 5.82 Å². The number of carbonyl (C=O) groups excluding carboxylic acids is 3. The van der Waals surface area contributed by atoms with Crippen LogP contribution in [0.15, 0.2) is 42.5 Å². The number of nitrogens with one attached hydrogen (secondary N) is 2. The number of hydrogen-bond donors (Lipinski definition) is 2. The van der Waals surface area contributed by atoms with E-state index in [4.69, 9.17) is 4.74 Å². The van der Waals surface area contributed by atoms with Gasteiger partial charge in [0.25, 0.3) is 5.91 Å². The summed E-state index contributed by atoms with van der Waals surface area (Å²) in [5, 5.41) is 5.10. The van der Waals surface area contributed by atoms with Crippen molar-refractivity contribution in [3.63, 3.8) is 0 Å². The zero-order valence-corrected chi connectivity index (χ0v) is 16.4. The first-order valence-corrected chi connectivity index (χ1v) is 9.65. The van der Waals surface area contributed by atoms with E-state index in [9.17, 15) is 18.8 Å². The number of hydrogen-bond acceptors (Lipinski definition) is 5. The Morgan fingerprint density at radius 2 is 1.68 bits per heavy atom. The van der Waals surface area contributed by atoms with Crippen LogP contribution in [0.2, 0.25) is 0 Å². The molecule has 0 aliphatic heterocycles. The Balaban J connectivity index is 1.66. The number of benzene rings is 2. The van der Waals surface area contributed by atoms with E-state index in [1.807, 2.05) is 26.0 Å². The summed E-state index contributed by atoms with van der Waals surface area (Å²) in [5.74, 6) is -2.16. The highest BCUT2D eigenvalue weighted by molar-refractivity contribution is 8.00. The first-order chi connectivity index (χ1) is 13.3. The molecule has 8 heteroatoms. The van der Waals surface area contributed by atoms with Gasteiger partial charge in [-0.25, -0.2) is 4.39 Å². The highest BCUT2D eigenvalue weighted by atomic mass is 32.2. The SMILES string of the molecule is Cc1ccc(NC(=O)COC(=O)CSCC(=O)Nc2ccccc2F)c(C)c1. The molecule has 0 radical (unpaired) electrons. The Bertz CT molecular complexity index is 873. The number of ether oxygens (including phenoxy) is 1. The number of esters is 1. The second kappa shape index (κ2) is 10.5. The Morgan fingerprint density at radius 3 is 2.39 bits per heavy atom. The van der Waals surface area contributed by atoms with Crippen LogP contribution >= 0.6 is 11.8 Å².